The first-order chi connectivity index (χ1) is 9.27. The first-order valence-corrected chi connectivity index (χ1v) is 8.27. The number of H-pyrrole nitrogens is 1. The third kappa shape index (κ3) is 3.34. The Balaban J connectivity index is 2.35. The maximum atomic E-state index is 5.44. The van der Waals surface area contributed by atoms with Crippen molar-refractivity contribution in [3.05, 3.63) is 22.3 Å². The number of aromatic amines is 1. The van der Waals surface area contributed by atoms with Gasteiger partial charge in [0.1, 0.15) is 0 Å². The van der Waals surface area contributed by atoms with E-state index in [1.54, 1.807) is 11.3 Å². The van der Waals surface area contributed by atoms with E-state index in [2.05, 4.69) is 46.1 Å². The number of hydrogen-bond donors (Lipinski definition) is 1. The first kappa shape index (κ1) is 14.5. The Morgan fingerprint density at radius 1 is 1.37 bits per heavy atom. The summed E-state index contributed by atoms with van der Waals surface area (Å²) in [6, 6.07) is 4.63. The molecular formula is C14H21N3S2. The predicted octanol–water partition coefficient (Wildman–Crippen LogP) is 5.20. The van der Waals surface area contributed by atoms with Crippen LogP contribution in [-0.2, 0) is 0 Å². The highest BCUT2D eigenvalue weighted by molar-refractivity contribution is 7.71. The van der Waals surface area contributed by atoms with Gasteiger partial charge >= 0.3 is 0 Å². The van der Waals surface area contributed by atoms with Gasteiger partial charge in [-0.25, -0.2) is 0 Å². The van der Waals surface area contributed by atoms with Crippen molar-refractivity contribution in [2.24, 2.45) is 0 Å². The quantitative estimate of drug-likeness (QED) is 0.712. The van der Waals surface area contributed by atoms with Gasteiger partial charge in [-0.05, 0) is 36.5 Å². The summed E-state index contributed by atoms with van der Waals surface area (Å²) in [6.07, 6.45) is 5.97. The van der Waals surface area contributed by atoms with Crippen LogP contribution >= 0.6 is 23.6 Å². The van der Waals surface area contributed by atoms with E-state index >= 15 is 0 Å². The van der Waals surface area contributed by atoms with Crippen molar-refractivity contribution in [2.45, 2.75) is 52.0 Å². The molecule has 0 aliphatic heterocycles. The maximum absolute atomic E-state index is 5.44. The molecule has 0 spiro atoms. The number of nitrogens with one attached hydrogen (secondary N) is 1. The maximum Gasteiger partial charge on any atom is 0.195 e. The van der Waals surface area contributed by atoms with Crippen LogP contribution < -0.4 is 0 Å². The number of thiophene rings is 1. The minimum absolute atomic E-state index is 0.466. The molecule has 0 bridgehead atoms. The molecule has 0 saturated carbocycles. The van der Waals surface area contributed by atoms with Crippen LogP contribution in [0.15, 0.2) is 17.5 Å². The fraction of sp³-hybridized carbons (Fsp3) is 0.571. The van der Waals surface area contributed by atoms with Gasteiger partial charge in [0, 0.05) is 6.04 Å². The van der Waals surface area contributed by atoms with E-state index in [0.29, 0.717) is 6.04 Å². The second kappa shape index (κ2) is 7.01. The Morgan fingerprint density at radius 2 is 2.21 bits per heavy atom. The van der Waals surface area contributed by atoms with E-state index in [9.17, 15) is 0 Å². The second-order valence-corrected chi connectivity index (χ2v) is 6.12. The summed E-state index contributed by atoms with van der Waals surface area (Å²) in [4.78, 5) is 1.19. The van der Waals surface area contributed by atoms with Crippen LogP contribution in [0.3, 0.4) is 0 Å². The summed E-state index contributed by atoms with van der Waals surface area (Å²) < 4.78 is 2.97. The molecule has 1 unspecified atom stereocenters. The zero-order chi connectivity index (χ0) is 13.7. The molecule has 3 nitrogen and oxygen atoms in total. The minimum atomic E-state index is 0.466. The lowest BCUT2D eigenvalue weighted by molar-refractivity contribution is 0.416. The smallest absolute Gasteiger partial charge is 0.195 e. The molecule has 19 heavy (non-hydrogen) atoms. The van der Waals surface area contributed by atoms with Crippen LogP contribution in [0.5, 0.6) is 0 Å². The van der Waals surface area contributed by atoms with Crippen molar-refractivity contribution >= 4 is 23.6 Å². The predicted molar refractivity (Wildman–Crippen MR) is 84.2 cm³/mol. The minimum Gasteiger partial charge on any atom is -0.296 e. The van der Waals surface area contributed by atoms with Gasteiger partial charge in [-0.2, -0.15) is 5.10 Å². The fourth-order valence-corrected chi connectivity index (χ4v) is 3.39. The van der Waals surface area contributed by atoms with Crippen molar-refractivity contribution in [3.63, 3.8) is 0 Å². The fourth-order valence-electron chi connectivity index (χ4n) is 2.40. The monoisotopic (exact) mass is 295 g/mol. The summed E-state index contributed by atoms with van der Waals surface area (Å²) >= 11 is 7.15. The average Bonchev–Trinajstić information content (AvgIpc) is 3.03. The van der Waals surface area contributed by atoms with Crippen molar-refractivity contribution < 1.29 is 0 Å². The summed E-state index contributed by atoms with van der Waals surface area (Å²) in [5.74, 6) is 0.995. The van der Waals surface area contributed by atoms with E-state index in [1.165, 1.54) is 30.6 Å². The molecule has 0 amide bonds. The lowest BCUT2D eigenvalue weighted by Gasteiger charge is -2.19. The van der Waals surface area contributed by atoms with Crippen LogP contribution in [0.4, 0.5) is 0 Å². The largest absolute Gasteiger partial charge is 0.296 e. The van der Waals surface area contributed by atoms with Crippen molar-refractivity contribution in [2.75, 3.05) is 0 Å². The number of nitrogens with zero attached hydrogens (tertiary/aromatic N) is 2. The van der Waals surface area contributed by atoms with Gasteiger partial charge in [-0.1, -0.05) is 39.2 Å². The molecule has 5 heteroatoms. The standard InChI is InChI=1S/C14H21N3S2/c1-3-5-8-11(7-4-2)17-13(15-16-14(17)18)12-9-6-10-19-12/h6,9-11H,3-5,7-8H2,1-2H3,(H,16,18). The molecule has 0 saturated heterocycles. The third-order valence-corrected chi connectivity index (χ3v) is 4.48. The molecule has 2 aromatic heterocycles. The molecule has 2 rings (SSSR count). The van der Waals surface area contributed by atoms with Crippen molar-refractivity contribution in [3.8, 4) is 10.7 Å². The molecule has 0 fully saturated rings. The third-order valence-electron chi connectivity index (χ3n) is 3.32. The van der Waals surface area contributed by atoms with Gasteiger partial charge in [0.25, 0.3) is 0 Å². The van der Waals surface area contributed by atoms with Crippen molar-refractivity contribution in [1.82, 2.24) is 14.8 Å². The lowest BCUT2D eigenvalue weighted by atomic mass is 10.0. The second-order valence-electron chi connectivity index (χ2n) is 4.78. The van der Waals surface area contributed by atoms with Gasteiger partial charge in [0.15, 0.2) is 10.6 Å². The van der Waals surface area contributed by atoms with Gasteiger partial charge in [-0.3, -0.25) is 9.67 Å². The molecule has 1 atom stereocenters. The number of hydrogen-bond acceptors (Lipinski definition) is 3. The summed E-state index contributed by atoms with van der Waals surface area (Å²) in [5.41, 5.74) is 0. The Bertz CT molecular complexity index is 539. The Morgan fingerprint density at radius 3 is 2.84 bits per heavy atom. The van der Waals surface area contributed by atoms with Crippen LogP contribution in [0.2, 0.25) is 0 Å². The molecule has 2 aromatic rings. The van der Waals surface area contributed by atoms with Gasteiger partial charge in [0.05, 0.1) is 4.88 Å². The molecule has 104 valence electrons. The van der Waals surface area contributed by atoms with E-state index in [1.807, 2.05) is 0 Å². The molecular weight excluding hydrogens is 274 g/mol. The van der Waals surface area contributed by atoms with Crippen LogP contribution in [0, 0.1) is 4.77 Å². The number of rotatable bonds is 7. The summed E-state index contributed by atoms with van der Waals surface area (Å²) in [6.45, 7) is 4.46. The lowest BCUT2D eigenvalue weighted by Crippen LogP contribution is -2.10. The topological polar surface area (TPSA) is 33.6 Å². The van der Waals surface area contributed by atoms with E-state index in [4.69, 9.17) is 12.2 Å². The van der Waals surface area contributed by atoms with Crippen molar-refractivity contribution in [1.29, 1.82) is 0 Å². The number of aromatic nitrogens is 3. The molecule has 1 N–H and O–H groups in total. The average molecular weight is 295 g/mol. The zero-order valence-corrected chi connectivity index (χ0v) is 13.2. The Hall–Kier alpha value is -0.940. The van der Waals surface area contributed by atoms with E-state index < -0.39 is 0 Å². The zero-order valence-electron chi connectivity index (χ0n) is 11.6. The van der Waals surface area contributed by atoms with Gasteiger partial charge in [-0.15, -0.1) is 11.3 Å². The van der Waals surface area contributed by atoms with E-state index in [-0.39, 0.29) is 0 Å². The number of unbranched alkanes of at least 4 members (excludes halogenated alkanes) is 1. The highest BCUT2D eigenvalue weighted by Gasteiger charge is 2.17. The highest BCUT2D eigenvalue weighted by atomic mass is 32.1. The molecule has 0 aliphatic carbocycles. The van der Waals surface area contributed by atoms with Crippen LogP contribution in [0.25, 0.3) is 10.7 Å². The SMILES string of the molecule is CCCCC(CCC)n1c(-c2cccs2)n[nH]c1=S. The summed E-state index contributed by atoms with van der Waals surface area (Å²) in [7, 11) is 0. The van der Waals surface area contributed by atoms with E-state index in [0.717, 1.165) is 17.0 Å². The Labute approximate surface area is 123 Å². The molecule has 0 aliphatic rings. The normalized spacial score (nSPS) is 12.7. The van der Waals surface area contributed by atoms with Crippen LogP contribution in [-0.4, -0.2) is 14.8 Å². The van der Waals surface area contributed by atoms with Crippen LogP contribution in [0.1, 0.15) is 52.0 Å². The Kier molecular flexibility index (Phi) is 5.34. The highest BCUT2D eigenvalue weighted by Crippen LogP contribution is 2.29. The molecule has 0 radical (unpaired) electrons. The molecule has 2 heterocycles. The van der Waals surface area contributed by atoms with Gasteiger partial charge in [0.2, 0.25) is 0 Å². The van der Waals surface area contributed by atoms with Gasteiger partial charge < -0.3 is 0 Å². The molecule has 0 aromatic carbocycles. The summed E-state index contributed by atoms with van der Waals surface area (Å²) in [5, 5.41) is 9.47. The first-order valence-electron chi connectivity index (χ1n) is 6.98.